The number of halogens is 4. The maximum absolute atomic E-state index is 15.9. The van der Waals surface area contributed by atoms with Crippen LogP contribution in [-0.2, 0) is 12.7 Å². The van der Waals surface area contributed by atoms with Gasteiger partial charge in [-0.3, -0.25) is 9.69 Å². The SMILES string of the molecule is CCN(CC)Cc1ccc(-n2cc(C(=O)O)c(=O)c3cc(F)c(N4CCN(c5ccc(C(F)(F)F)cc5)CC4)c(OC)c32)cc1. The summed E-state index contributed by atoms with van der Waals surface area (Å²) in [6.45, 7) is 8.08. The van der Waals surface area contributed by atoms with Crippen molar-refractivity contribution < 1.29 is 32.2 Å². The molecule has 1 N–H and O–H groups in total. The molecule has 1 saturated heterocycles. The highest BCUT2D eigenvalue weighted by Gasteiger charge is 2.31. The summed E-state index contributed by atoms with van der Waals surface area (Å²) < 4.78 is 62.2. The Bertz CT molecular complexity index is 1740. The molecule has 0 aliphatic carbocycles. The van der Waals surface area contributed by atoms with Gasteiger partial charge >= 0.3 is 12.1 Å². The first-order chi connectivity index (χ1) is 21.5. The van der Waals surface area contributed by atoms with Crippen molar-refractivity contribution in [1.29, 1.82) is 0 Å². The molecule has 0 spiro atoms. The number of aromatic nitrogens is 1. The van der Waals surface area contributed by atoms with Gasteiger partial charge in [-0.05, 0) is 61.1 Å². The number of hydrogen-bond donors (Lipinski definition) is 1. The van der Waals surface area contributed by atoms with Crippen LogP contribution in [0.2, 0.25) is 0 Å². The fourth-order valence-electron chi connectivity index (χ4n) is 5.78. The number of methoxy groups -OCH3 is 1. The van der Waals surface area contributed by atoms with E-state index in [1.807, 2.05) is 29.2 Å². The summed E-state index contributed by atoms with van der Waals surface area (Å²) in [5, 5.41) is 9.67. The zero-order chi connectivity index (χ0) is 32.5. The monoisotopic (exact) mass is 626 g/mol. The molecule has 12 heteroatoms. The molecular weight excluding hydrogens is 592 g/mol. The number of pyridine rings is 1. The average Bonchev–Trinajstić information content (AvgIpc) is 3.03. The van der Waals surface area contributed by atoms with Crippen molar-refractivity contribution in [2.75, 3.05) is 56.2 Å². The highest BCUT2D eigenvalue weighted by atomic mass is 19.4. The summed E-state index contributed by atoms with van der Waals surface area (Å²) in [5.74, 6) is -2.10. The van der Waals surface area contributed by atoms with Gasteiger partial charge in [0, 0.05) is 50.3 Å². The van der Waals surface area contributed by atoms with Gasteiger partial charge in [-0.1, -0.05) is 26.0 Å². The normalized spacial score (nSPS) is 14.0. The van der Waals surface area contributed by atoms with Crippen LogP contribution in [0.1, 0.15) is 35.3 Å². The molecule has 1 aliphatic heterocycles. The third-order valence-electron chi connectivity index (χ3n) is 8.28. The lowest BCUT2D eigenvalue weighted by atomic mass is 10.1. The topological polar surface area (TPSA) is 78.2 Å². The molecule has 1 aromatic heterocycles. The average molecular weight is 627 g/mol. The summed E-state index contributed by atoms with van der Waals surface area (Å²) in [5.41, 5.74) is 0.509. The van der Waals surface area contributed by atoms with E-state index in [2.05, 4.69) is 18.7 Å². The Morgan fingerprint density at radius 3 is 2.04 bits per heavy atom. The summed E-state index contributed by atoms with van der Waals surface area (Å²) in [6, 6.07) is 13.5. The van der Waals surface area contributed by atoms with Gasteiger partial charge in [0.2, 0.25) is 5.43 Å². The van der Waals surface area contributed by atoms with Gasteiger partial charge in [0.15, 0.2) is 11.6 Å². The predicted octanol–water partition coefficient (Wildman–Crippen LogP) is 6.02. The summed E-state index contributed by atoms with van der Waals surface area (Å²) in [6.07, 6.45) is -3.19. The number of fused-ring (bicyclic) bond motifs is 1. The fourth-order valence-corrected chi connectivity index (χ4v) is 5.78. The molecule has 3 aromatic carbocycles. The van der Waals surface area contributed by atoms with E-state index in [-0.39, 0.29) is 22.3 Å². The lowest BCUT2D eigenvalue weighted by molar-refractivity contribution is -0.137. The standard InChI is InChI=1S/C33H34F4N4O4/c1-4-38(5-2)19-21-6-10-24(11-7-21)41-20-26(32(43)44)30(42)25-18-27(34)29(31(45-3)28(25)41)40-16-14-39(15-17-40)23-12-8-22(9-13-23)33(35,36)37/h6-13,18,20H,4-5,14-17,19H2,1-3H3,(H,43,44). The van der Waals surface area contributed by atoms with Crippen molar-refractivity contribution in [3.05, 3.63) is 93.5 Å². The first kappa shape index (κ1) is 31.8. The maximum atomic E-state index is 15.9. The van der Waals surface area contributed by atoms with Crippen LogP contribution in [0.5, 0.6) is 5.75 Å². The van der Waals surface area contributed by atoms with Crippen molar-refractivity contribution in [3.63, 3.8) is 0 Å². The van der Waals surface area contributed by atoms with E-state index < -0.39 is 34.5 Å². The van der Waals surface area contributed by atoms with Gasteiger partial charge in [-0.15, -0.1) is 0 Å². The van der Waals surface area contributed by atoms with Crippen LogP contribution >= 0.6 is 0 Å². The number of benzene rings is 3. The number of carboxylic acids is 1. The van der Waals surface area contributed by atoms with E-state index in [0.29, 0.717) is 37.6 Å². The third kappa shape index (κ3) is 6.32. The lowest BCUT2D eigenvalue weighted by Crippen LogP contribution is -2.47. The molecule has 45 heavy (non-hydrogen) atoms. The molecule has 0 amide bonds. The first-order valence-electron chi connectivity index (χ1n) is 14.6. The predicted molar refractivity (Wildman–Crippen MR) is 166 cm³/mol. The Morgan fingerprint density at radius 2 is 1.51 bits per heavy atom. The molecule has 0 saturated carbocycles. The van der Waals surface area contributed by atoms with Crippen molar-refractivity contribution in [3.8, 4) is 11.4 Å². The lowest BCUT2D eigenvalue weighted by Gasteiger charge is -2.38. The number of carbonyl (C=O) groups is 1. The quantitative estimate of drug-likeness (QED) is 0.228. The van der Waals surface area contributed by atoms with Crippen molar-refractivity contribution >= 4 is 28.2 Å². The molecule has 8 nitrogen and oxygen atoms in total. The summed E-state index contributed by atoms with van der Waals surface area (Å²) in [4.78, 5) is 31.3. The molecule has 4 aromatic rings. The van der Waals surface area contributed by atoms with E-state index in [9.17, 15) is 27.9 Å². The van der Waals surface area contributed by atoms with Crippen LogP contribution in [0.4, 0.5) is 28.9 Å². The second-order valence-corrected chi connectivity index (χ2v) is 10.8. The fraction of sp³-hybridized carbons (Fsp3) is 0.333. The molecule has 0 unspecified atom stereocenters. The number of alkyl halides is 3. The minimum Gasteiger partial charge on any atom is -0.492 e. The zero-order valence-corrected chi connectivity index (χ0v) is 25.2. The summed E-state index contributed by atoms with van der Waals surface area (Å²) >= 11 is 0. The Hall–Kier alpha value is -4.58. The maximum Gasteiger partial charge on any atom is 0.416 e. The van der Waals surface area contributed by atoms with E-state index in [4.69, 9.17) is 4.74 Å². The minimum absolute atomic E-state index is 0.0780. The van der Waals surface area contributed by atoms with E-state index in [1.54, 1.807) is 9.47 Å². The molecule has 2 heterocycles. The number of ether oxygens (including phenoxy) is 1. The van der Waals surface area contributed by atoms with Crippen LogP contribution in [0, 0.1) is 5.82 Å². The van der Waals surface area contributed by atoms with Gasteiger partial charge in [0.25, 0.3) is 0 Å². The van der Waals surface area contributed by atoms with E-state index in [0.717, 1.165) is 43.4 Å². The number of anilines is 2. The van der Waals surface area contributed by atoms with Gasteiger partial charge in [0.05, 0.1) is 18.1 Å². The molecule has 0 radical (unpaired) electrons. The van der Waals surface area contributed by atoms with Gasteiger partial charge in [0.1, 0.15) is 16.8 Å². The van der Waals surface area contributed by atoms with Crippen molar-refractivity contribution in [1.82, 2.24) is 9.47 Å². The smallest absolute Gasteiger partial charge is 0.416 e. The second-order valence-electron chi connectivity index (χ2n) is 10.8. The van der Waals surface area contributed by atoms with Gasteiger partial charge < -0.3 is 24.2 Å². The molecule has 1 aliphatic rings. The molecule has 238 valence electrons. The highest BCUT2D eigenvalue weighted by Crippen LogP contribution is 2.40. The summed E-state index contributed by atoms with van der Waals surface area (Å²) in [7, 11) is 1.36. The van der Waals surface area contributed by atoms with E-state index >= 15 is 4.39 Å². The number of carboxylic acid groups (broad SMARTS) is 1. The number of aromatic carboxylic acids is 1. The van der Waals surface area contributed by atoms with Gasteiger partial charge in [-0.2, -0.15) is 13.2 Å². The zero-order valence-electron chi connectivity index (χ0n) is 25.2. The molecular formula is C33H34F4N4O4. The van der Waals surface area contributed by atoms with Gasteiger partial charge in [-0.25, -0.2) is 9.18 Å². The molecule has 0 atom stereocenters. The van der Waals surface area contributed by atoms with Crippen LogP contribution < -0.4 is 20.0 Å². The third-order valence-corrected chi connectivity index (χ3v) is 8.28. The number of nitrogens with zero attached hydrogens (tertiary/aromatic N) is 4. The Balaban J connectivity index is 1.54. The van der Waals surface area contributed by atoms with E-state index in [1.165, 1.54) is 25.4 Å². The molecule has 1 fully saturated rings. The number of rotatable bonds is 9. The Morgan fingerprint density at radius 1 is 0.933 bits per heavy atom. The van der Waals surface area contributed by atoms with Crippen LogP contribution in [-0.4, -0.2) is 66.9 Å². The Kier molecular flexibility index (Phi) is 9.06. The largest absolute Gasteiger partial charge is 0.492 e. The molecule has 0 bridgehead atoms. The van der Waals surface area contributed by atoms with Crippen molar-refractivity contribution in [2.45, 2.75) is 26.6 Å². The second kappa shape index (κ2) is 12.8. The van der Waals surface area contributed by atoms with Crippen LogP contribution in [0.3, 0.4) is 0 Å². The number of hydrogen-bond acceptors (Lipinski definition) is 6. The van der Waals surface area contributed by atoms with Crippen LogP contribution in [0.15, 0.2) is 65.6 Å². The first-order valence-corrected chi connectivity index (χ1v) is 14.6. The van der Waals surface area contributed by atoms with Crippen molar-refractivity contribution in [2.24, 2.45) is 0 Å². The van der Waals surface area contributed by atoms with Crippen LogP contribution in [0.25, 0.3) is 16.6 Å². The number of piperazine rings is 1. The Labute approximate surface area is 257 Å². The minimum atomic E-state index is -4.43. The molecule has 5 rings (SSSR count). The highest BCUT2D eigenvalue weighted by molar-refractivity contribution is 5.97.